The average Bonchev–Trinajstić information content (AvgIpc) is 2.75. The molecular weight excluding hydrogens is 376 g/mol. The highest BCUT2D eigenvalue weighted by Crippen LogP contribution is 2.12. The number of carbonyl (C=O) groups is 2. The van der Waals surface area contributed by atoms with E-state index in [2.05, 4.69) is 34.3 Å². The Labute approximate surface area is 179 Å². The van der Waals surface area contributed by atoms with Crippen LogP contribution < -0.4 is 10.6 Å². The summed E-state index contributed by atoms with van der Waals surface area (Å²) in [5, 5.41) is 5.89. The molecule has 2 aromatic rings. The predicted molar refractivity (Wildman–Crippen MR) is 120 cm³/mol. The van der Waals surface area contributed by atoms with Crippen LogP contribution in [0, 0.1) is 5.92 Å². The van der Waals surface area contributed by atoms with Crippen LogP contribution >= 0.6 is 0 Å². The van der Waals surface area contributed by atoms with Gasteiger partial charge in [0.15, 0.2) is 0 Å². The number of hydrogen-bond donors (Lipinski definition) is 2. The molecule has 2 N–H and O–H groups in total. The first-order valence-corrected chi connectivity index (χ1v) is 10.7. The molecule has 0 radical (unpaired) electrons. The highest BCUT2D eigenvalue weighted by Gasteiger charge is 2.19. The number of para-hydroxylation sites is 1. The van der Waals surface area contributed by atoms with Crippen LogP contribution in [0.15, 0.2) is 54.6 Å². The van der Waals surface area contributed by atoms with Gasteiger partial charge in [-0.25, -0.2) is 0 Å². The van der Waals surface area contributed by atoms with Gasteiger partial charge in [0.25, 0.3) is 5.91 Å². The molecule has 1 aliphatic rings. The van der Waals surface area contributed by atoms with Crippen LogP contribution in [0.4, 0.5) is 5.69 Å². The molecule has 0 atom stereocenters. The van der Waals surface area contributed by atoms with Crippen LogP contribution in [0.3, 0.4) is 0 Å². The summed E-state index contributed by atoms with van der Waals surface area (Å²) in [6.45, 7) is 9.93. The van der Waals surface area contributed by atoms with Gasteiger partial charge in [-0.1, -0.05) is 44.2 Å². The first-order valence-electron chi connectivity index (χ1n) is 10.7. The smallest absolute Gasteiger partial charge is 0.255 e. The van der Waals surface area contributed by atoms with Crippen molar-refractivity contribution in [3.05, 3.63) is 65.7 Å². The number of anilines is 1. The van der Waals surface area contributed by atoms with Crippen molar-refractivity contribution in [3.8, 4) is 0 Å². The third kappa shape index (κ3) is 6.97. The molecule has 0 unspecified atom stereocenters. The van der Waals surface area contributed by atoms with Crippen LogP contribution in [-0.4, -0.2) is 60.9 Å². The van der Waals surface area contributed by atoms with Crippen molar-refractivity contribution in [1.82, 2.24) is 15.1 Å². The van der Waals surface area contributed by atoms with Gasteiger partial charge in [0.2, 0.25) is 5.91 Å². The van der Waals surface area contributed by atoms with Crippen molar-refractivity contribution in [2.24, 2.45) is 5.92 Å². The second kappa shape index (κ2) is 10.9. The summed E-state index contributed by atoms with van der Waals surface area (Å²) >= 11 is 0. The Hall–Kier alpha value is -2.70. The fourth-order valence-corrected chi connectivity index (χ4v) is 3.43. The lowest BCUT2D eigenvalue weighted by Crippen LogP contribution is -2.49. The van der Waals surface area contributed by atoms with Gasteiger partial charge >= 0.3 is 0 Å². The number of amides is 2. The summed E-state index contributed by atoms with van der Waals surface area (Å²) < 4.78 is 0. The van der Waals surface area contributed by atoms with Crippen molar-refractivity contribution in [2.75, 3.05) is 44.6 Å². The van der Waals surface area contributed by atoms with Gasteiger partial charge in [-0.05, 0) is 35.7 Å². The predicted octanol–water partition coefficient (Wildman–Crippen LogP) is 2.83. The van der Waals surface area contributed by atoms with E-state index in [9.17, 15) is 9.59 Å². The number of nitrogens with one attached hydrogen (secondary N) is 2. The molecule has 0 aromatic heterocycles. The van der Waals surface area contributed by atoms with E-state index in [1.54, 1.807) is 0 Å². The number of benzene rings is 2. The Morgan fingerprint density at radius 2 is 1.53 bits per heavy atom. The average molecular weight is 409 g/mol. The highest BCUT2D eigenvalue weighted by atomic mass is 16.2. The molecule has 1 fully saturated rings. The maximum atomic E-state index is 12.4. The van der Waals surface area contributed by atoms with E-state index in [0.717, 1.165) is 45.0 Å². The van der Waals surface area contributed by atoms with E-state index in [1.807, 2.05) is 54.6 Å². The second-order valence-electron chi connectivity index (χ2n) is 8.27. The molecule has 0 bridgehead atoms. The van der Waals surface area contributed by atoms with Crippen LogP contribution in [0.2, 0.25) is 0 Å². The van der Waals surface area contributed by atoms with E-state index in [4.69, 9.17) is 0 Å². The lowest BCUT2D eigenvalue weighted by atomic mass is 10.1. The highest BCUT2D eigenvalue weighted by molar-refractivity contribution is 6.04. The minimum Gasteiger partial charge on any atom is -0.355 e. The number of piperazine rings is 1. The van der Waals surface area contributed by atoms with Crippen molar-refractivity contribution in [1.29, 1.82) is 0 Å². The zero-order valence-electron chi connectivity index (χ0n) is 17.9. The molecule has 0 saturated carbocycles. The van der Waals surface area contributed by atoms with Crippen LogP contribution in [-0.2, 0) is 11.3 Å². The molecule has 6 heteroatoms. The first-order chi connectivity index (χ1) is 14.5. The van der Waals surface area contributed by atoms with E-state index in [0.29, 0.717) is 18.0 Å². The SMILES string of the molecule is CC(C)CNC(=O)CN1CCN(Cc2ccc(C(=O)Nc3ccccc3)cc2)CC1. The van der Waals surface area contributed by atoms with E-state index >= 15 is 0 Å². The van der Waals surface area contributed by atoms with Crippen molar-refractivity contribution < 1.29 is 9.59 Å². The Balaban J connectivity index is 1.42. The van der Waals surface area contributed by atoms with Crippen molar-refractivity contribution in [2.45, 2.75) is 20.4 Å². The molecule has 0 spiro atoms. The summed E-state index contributed by atoms with van der Waals surface area (Å²) in [6.07, 6.45) is 0. The summed E-state index contributed by atoms with van der Waals surface area (Å²) in [5.74, 6) is 0.486. The lowest BCUT2D eigenvalue weighted by Gasteiger charge is -2.34. The summed E-state index contributed by atoms with van der Waals surface area (Å²) in [7, 11) is 0. The van der Waals surface area contributed by atoms with Crippen molar-refractivity contribution in [3.63, 3.8) is 0 Å². The molecular formula is C24H32N4O2. The number of carbonyl (C=O) groups excluding carboxylic acids is 2. The Kier molecular flexibility index (Phi) is 7.99. The third-order valence-electron chi connectivity index (χ3n) is 5.19. The molecule has 2 aromatic carbocycles. The monoisotopic (exact) mass is 408 g/mol. The summed E-state index contributed by atoms with van der Waals surface area (Å²) in [5.41, 5.74) is 2.64. The zero-order valence-corrected chi connectivity index (χ0v) is 17.9. The quantitative estimate of drug-likeness (QED) is 0.705. The van der Waals surface area contributed by atoms with Crippen molar-refractivity contribution >= 4 is 17.5 Å². The topological polar surface area (TPSA) is 64.7 Å². The standard InChI is InChI=1S/C24H32N4O2/c1-19(2)16-25-23(29)18-28-14-12-27(13-15-28)17-20-8-10-21(11-9-20)24(30)26-22-6-4-3-5-7-22/h3-11,19H,12-18H2,1-2H3,(H,25,29)(H,26,30). The second-order valence-corrected chi connectivity index (χ2v) is 8.27. The molecule has 1 heterocycles. The minimum absolute atomic E-state index is 0.0999. The molecule has 30 heavy (non-hydrogen) atoms. The normalized spacial score (nSPS) is 15.2. The molecule has 2 amide bonds. The maximum Gasteiger partial charge on any atom is 0.255 e. The summed E-state index contributed by atoms with van der Waals surface area (Å²) in [6, 6.07) is 17.3. The molecule has 6 nitrogen and oxygen atoms in total. The first kappa shape index (κ1) is 22.0. The van der Waals surface area contributed by atoms with Gasteiger partial charge in [0, 0.05) is 50.5 Å². The zero-order chi connectivity index (χ0) is 21.3. The largest absolute Gasteiger partial charge is 0.355 e. The summed E-state index contributed by atoms with van der Waals surface area (Å²) in [4.78, 5) is 29.0. The Bertz CT molecular complexity index is 813. The lowest BCUT2D eigenvalue weighted by molar-refractivity contribution is -0.122. The molecule has 0 aliphatic carbocycles. The molecule has 3 rings (SSSR count). The van der Waals surface area contributed by atoms with E-state index in [1.165, 1.54) is 5.56 Å². The number of rotatable bonds is 8. The number of hydrogen-bond acceptors (Lipinski definition) is 4. The van der Waals surface area contributed by atoms with Crippen LogP contribution in [0.25, 0.3) is 0 Å². The van der Waals surface area contributed by atoms with Gasteiger partial charge < -0.3 is 10.6 Å². The minimum atomic E-state index is -0.0999. The fraction of sp³-hybridized carbons (Fsp3) is 0.417. The molecule has 160 valence electrons. The van der Waals surface area contributed by atoms with Gasteiger partial charge in [-0.3, -0.25) is 19.4 Å². The van der Waals surface area contributed by atoms with Gasteiger partial charge in [0.05, 0.1) is 6.54 Å². The van der Waals surface area contributed by atoms with E-state index in [-0.39, 0.29) is 11.8 Å². The molecule has 1 saturated heterocycles. The fourth-order valence-electron chi connectivity index (χ4n) is 3.43. The third-order valence-corrected chi connectivity index (χ3v) is 5.19. The van der Waals surface area contributed by atoms with Gasteiger partial charge in [0.1, 0.15) is 0 Å². The maximum absolute atomic E-state index is 12.4. The Morgan fingerprint density at radius 3 is 2.17 bits per heavy atom. The van der Waals surface area contributed by atoms with Gasteiger partial charge in [-0.2, -0.15) is 0 Å². The Morgan fingerprint density at radius 1 is 0.900 bits per heavy atom. The van der Waals surface area contributed by atoms with E-state index < -0.39 is 0 Å². The van der Waals surface area contributed by atoms with Crippen LogP contribution in [0.1, 0.15) is 29.8 Å². The number of nitrogens with zero attached hydrogens (tertiary/aromatic N) is 2. The van der Waals surface area contributed by atoms with Gasteiger partial charge in [-0.15, -0.1) is 0 Å². The van der Waals surface area contributed by atoms with Crippen LogP contribution in [0.5, 0.6) is 0 Å². The molecule has 1 aliphatic heterocycles.